The van der Waals surface area contributed by atoms with Crippen LogP contribution in [0.1, 0.15) is 24.0 Å². The molecule has 0 aromatic heterocycles. The number of halogens is 1. The zero-order chi connectivity index (χ0) is 19.1. The normalized spacial score (nSPS) is 16.8. The molecule has 2 aromatic rings. The Balaban J connectivity index is 1.69. The standard InChI is InChI=1S/C22H28FN3O/c1-24-21(26(2)16-18-7-6-10-20(23)15-18)25-17-22(11-13-27-14-12-22)19-8-4-3-5-9-19/h3-10,15H,11-14,16-17H2,1-2H3,(H,24,25). The minimum atomic E-state index is -0.214. The Morgan fingerprint density at radius 1 is 1.15 bits per heavy atom. The van der Waals surface area contributed by atoms with Crippen LogP contribution >= 0.6 is 0 Å². The van der Waals surface area contributed by atoms with Gasteiger partial charge in [0.05, 0.1) is 0 Å². The topological polar surface area (TPSA) is 36.9 Å². The summed E-state index contributed by atoms with van der Waals surface area (Å²) in [6.45, 7) is 2.93. The van der Waals surface area contributed by atoms with Gasteiger partial charge in [-0.1, -0.05) is 42.5 Å². The Bertz CT molecular complexity index is 757. The van der Waals surface area contributed by atoms with Crippen molar-refractivity contribution < 1.29 is 9.13 Å². The Kier molecular flexibility index (Phi) is 6.45. The van der Waals surface area contributed by atoms with Crippen molar-refractivity contribution >= 4 is 5.96 Å². The van der Waals surface area contributed by atoms with Gasteiger partial charge >= 0.3 is 0 Å². The fourth-order valence-corrected chi connectivity index (χ4v) is 3.74. The van der Waals surface area contributed by atoms with E-state index < -0.39 is 0 Å². The molecule has 0 atom stereocenters. The third-order valence-corrected chi connectivity index (χ3v) is 5.30. The summed E-state index contributed by atoms with van der Waals surface area (Å²) in [6.07, 6.45) is 1.96. The van der Waals surface area contributed by atoms with Crippen LogP contribution in [0.3, 0.4) is 0 Å². The second-order valence-corrected chi connectivity index (χ2v) is 7.15. The summed E-state index contributed by atoms with van der Waals surface area (Å²) in [4.78, 5) is 6.44. The molecule has 0 saturated carbocycles. The number of nitrogens with one attached hydrogen (secondary N) is 1. The molecule has 0 bridgehead atoms. The van der Waals surface area contributed by atoms with Gasteiger partial charge in [0.25, 0.3) is 0 Å². The zero-order valence-corrected chi connectivity index (χ0v) is 16.1. The third kappa shape index (κ3) is 4.86. The smallest absolute Gasteiger partial charge is 0.193 e. The summed E-state index contributed by atoms with van der Waals surface area (Å²) in [6, 6.07) is 17.3. The van der Waals surface area contributed by atoms with Crippen LogP contribution in [-0.2, 0) is 16.7 Å². The number of nitrogens with zero attached hydrogens (tertiary/aromatic N) is 2. The van der Waals surface area contributed by atoms with Crippen molar-refractivity contribution in [1.82, 2.24) is 10.2 Å². The summed E-state index contributed by atoms with van der Waals surface area (Å²) in [7, 11) is 3.75. The monoisotopic (exact) mass is 369 g/mol. The molecule has 27 heavy (non-hydrogen) atoms. The fraction of sp³-hybridized carbons (Fsp3) is 0.409. The van der Waals surface area contributed by atoms with Gasteiger partial charge in [-0.25, -0.2) is 4.39 Å². The highest BCUT2D eigenvalue weighted by molar-refractivity contribution is 5.79. The highest BCUT2D eigenvalue weighted by Gasteiger charge is 2.34. The van der Waals surface area contributed by atoms with E-state index in [2.05, 4.69) is 40.6 Å². The van der Waals surface area contributed by atoms with Crippen LogP contribution in [0.2, 0.25) is 0 Å². The number of benzene rings is 2. The van der Waals surface area contributed by atoms with Gasteiger partial charge in [-0.2, -0.15) is 0 Å². The van der Waals surface area contributed by atoms with E-state index in [9.17, 15) is 4.39 Å². The van der Waals surface area contributed by atoms with E-state index in [4.69, 9.17) is 4.74 Å². The van der Waals surface area contributed by atoms with Crippen molar-refractivity contribution in [2.45, 2.75) is 24.8 Å². The van der Waals surface area contributed by atoms with Crippen LogP contribution in [0.4, 0.5) is 4.39 Å². The molecule has 3 rings (SSSR count). The lowest BCUT2D eigenvalue weighted by molar-refractivity contribution is 0.0512. The van der Waals surface area contributed by atoms with Crippen molar-refractivity contribution in [2.75, 3.05) is 33.9 Å². The molecular formula is C22H28FN3O. The lowest BCUT2D eigenvalue weighted by Crippen LogP contribution is -2.48. The molecule has 1 fully saturated rings. The maximum absolute atomic E-state index is 13.5. The minimum absolute atomic E-state index is 0.0369. The van der Waals surface area contributed by atoms with Crippen molar-refractivity contribution in [2.24, 2.45) is 4.99 Å². The summed E-state index contributed by atoms with van der Waals surface area (Å²) >= 11 is 0. The van der Waals surface area contributed by atoms with Crippen molar-refractivity contribution in [3.05, 3.63) is 71.5 Å². The lowest BCUT2D eigenvalue weighted by atomic mass is 9.74. The number of hydrogen-bond acceptors (Lipinski definition) is 2. The molecule has 0 unspecified atom stereocenters. The summed E-state index contributed by atoms with van der Waals surface area (Å²) in [5.41, 5.74) is 2.29. The second kappa shape index (κ2) is 9.00. The highest BCUT2D eigenvalue weighted by atomic mass is 19.1. The van der Waals surface area contributed by atoms with E-state index in [1.807, 2.05) is 18.0 Å². The van der Waals surface area contributed by atoms with Gasteiger partial charge in [-0.05, 0) is 36.1 Å². The first kappa shape index (κ1) is 19.4. The summed E-state index contributed by atoms with van der Waals surface area (Å²) in [5.74, 6) is 0.593. The van der Waals surface area contributed by atoms with Crippen LogP contribution in [0, 0.1) is 5.82 Å². The van der Waals surface area contributed by atoms with Crippen LogP contribution in [0.15, 0.2) is 59.6 Å². The quantitative estimate of drug-likeness (QED) is 0.647. The molecular weight excluding hydrogens is 341 g/mol. The zero-order valence-electron chi connectivity index (χ0n) is 16.1. The van der Waals surface area contributed by atoms with E-state index >= 15 is 0 Å². The van der Waals surface area contributed by atoms with Gasteiger partial charge in [-0.15, -0.1) is 0 Å². The number of hydrogen-bond donors (Lipinski definition) is 1. The minimum Gasteiger partial charge on any atom is -0.381 e. The van der Waals surface area contributed by atoms with Gasteiger partial charge < -0.3 is 15.0 Å². The average Bonchev–Trinajstić information content (AvgIpc) is 2.70. The Labute approximate surface area is 161 Å². The predicted octanol–water partition coefficient (Wildman–Crippen LogP) is 3.58. The molecule has 2 aromatic carbocycles. The Morgan fingerprint density at radius 2 is 1.89 bits per heavy atom. The summed E-state index contributed by atoms with van der Waals surface area (Å²) in [5, 5.41) is 3.54. The van der Waals surface area contributed by atoms with E-state index in [0.29, 0.717) is 6.54 Å². The molecule has 1 heterocycles. The molecule has 1 aliphatic heterocycles. The first-order chi connectivity index (χ1) is 13.1. The van der Waals surface area contributed by atoms with Crippen molar-refractivity contribution in [3.8, 4) is 0 Å². The first-order valence-corrected chi connectivity index (χ1v) is 9.42. The van der Waals surface area contributed by atoms with Crippen LogP contribution in [0.25, 0.3) is 0 Å². The fourth-order valence-electron chi connectivity index (χ4n) is 3.74. The van der Waals surface area contributed by atoms with E-state index in [0.717, 1.165) is 44.1 Å². The van der Waals surface area contributed by atoms with Crippen molar-refractivity contribution in [3.63, 3.8) is 0 Å². The largest absolute Gasteiger partial charge is 0.381 e. The molecule has 5 heteroatoms. The Hall–Kier alpha value is -2.40. The maximum Gasteiger partial charge on any atom is 0.193 e. The lowest BCUT2D eigenvalue weighted by Gasteiger charge is -2.39. The van der Waals surface area contributed by atoms with Gasteiger partial charge in [0.15, 0.2) is 5.96 Å². The van der Waals surface area contributed by atoms with Gasteiger partial charge in [0, 0.05) is 45.8 Å². The number of aliphatic imine (C=N–C) groups is 1. The van der Waals surface area contributed by atoms with Crippen LogP contribution in [0.5, 0.6) is 0 Å². The maximum atomic E-state index is 13.5. The molecule has 0 spiro atoms. The third-order valence-electron chi connectivity index (χ3n) is 5.30. The molecule has 4 nitrogen and oxygen atoms in total. The molecule has 1 aliphatic rings. The van der Waals surface area contributed by atoms with Crippen LogP contribution in [-0.4, -0.2) is 44.7 Å². The van der Waals surface area contributed by atoms with E-state index in [-0.39, 0.29) is 11.2 Å². The second-order valence-electron chi connectivity index (χ2n) is 7.15. The molecule has 1 saturated heterocycles. The molecule has 0 radical (unpaired) electrons. The van der Waals surface area contributed by atoms with Gasteiger partial charge in [0.2, 0.25) is 0 Å². The van der Waals surface area contributed by atoms with Gasteiger partial charge in [-0.3, -0.25) is 4.99 Å². The average molecular weight is 369 g/mol. The SMILES string of the molecule is CN=C(NCC1(c2ccccc2)CCOCC1)N(C)Cc1cccc(F)c1. The number of rotatable bonds is 5. The van der Waals surface area contributed by atoms with Gasteiger partial charge in [0.1, 0.15) is 5.82 Å². The molecule has 1 N–H and O–H groups in total. The molecule has 0 aliphatic carbocycles. The van der Waals surface area contributed by atoms with Crippen molar-refractivity contribution in [1.29, 1.82) is 0 Å². The highest BCUT2D eigenvalue weighted by Crippen LogP contribution is 2.34. The number of guanidine groups is 1. The Morgan fingerprint density at radius 3 is 2.56 bits per heavy atom. The molecule has 0 amide bonds. The van der Waals surface area contributed by atoms with E-state index in [1.54, 1.807) is 19.2 Å². The number of ether oxygens (including phenoxy) is 1. The summed E-state index contributed by atoms with van der Waals surface area (Å²) < 4.78 is 19.1. The van der Waals surface area contributed by atoms with E-state index in [1.165, 1.54) is 11.6 Å². The predicted molar refractivity (Wildman–Crippen MR) is 107 cm³/mol. The first-order valence-electron chi connectivity index (χ1n) is 9.42. The van der Waals surface area contributed by atoms with Crippen LogP contribution < -0.4 is 5.32 Å². The molecule has 144 valence electrons.